The van der Waals surface area contributed by atoms with Crippen LogP contribution in [0.25, 0.3) is 11.3 Å². The molecule has 3 aliphatic rings. The molecule has 4 heterocycles. The number of hydrogen-bond donors (Lipinski definition) is 4. The van der Waals surface area contributed by atoms with Crippen LogP contribution in [0.2, 0.25) is 0 Å². The van der Waals surface area contributed by atoms with E-state index in [9.17, 15) is 24.2 Å². The van der Waals surface area contributed by atoms with Gasteiger partial charge in [0.25, 0.3) is 5.91 Å². The molecule has 2 aromatic heterocycles. The van der Waals surface area contributed by atoms with Gasteiger partial charge in [-0.3, -0.25) is 9.78 Å². The molecular formula is C32H34F3N5O6. The quantitative estimate of drug-likeness (QED) is 0.285. The zero-order valence-electron chi connectivity index (χ0n) is 25.1. The van der Waals surface area contributed by atoms with Crippen LogP contribution in [0.15, 0.2) is 30.5 Å². The Labute approximate surface area is 262 Å². The molecule has 46 heavy (non-hydrogen) atoms. The average molecular weight is 642 g/mol. The largest absolute Gasteiger partial charge is 0.488 e. The number of carbonyl (C=O) groups is 2. The minimum atomic E-state index is -1.14. The second kappa shape index (κ2) is 13.1. The van der Waals surface area contributed by atoms with E-state index in [2.05, 4.69) is 20.6 Å². The Morgan fingerprint density at radius 2 is 1.89 bits per heavy atom. The van der Waals surface area contributed by atoms with Crippen LogP contribution in [0.5, 0.6) is 5.75 Å². The number of nitrogens with zero attached hydrogens (tertiary/aromatic N) is 3. The minimum absolute atomic E-state index is 0.0712. The van der Waals surface area contributed by atoms with Crippen molar-refractivity contribution in [2.75, 3.05) is 36.5 Å². The van der Waals surface area contributed by atoms with Crippen molar-refractivity contribution >= 4 is 23.4 Å². The van der Waals surface area contributed by atoms with Crippen LogP contribution in [0.1, 0.15) is 60.5 Å². The van der Waals surface area contributed by atoms with Crippen molar-refractivity contribution in [2.24, 2.45) is 5.92 Å². The highest BCUT2D eigenvalue weighted by atomic mass is 19.1. The fourth-order valence-electron chi connectivity index (χ4n) is 6.55. The number of benzene rings is 1. The zero-order valence-corrected chi connectivity index (χ0v) is 25.1. The van der Waals surface area contributed by atoms with Gasteiger partial charge >= 0.3 is 6.09 Å². The van der Waals surface area contributed by atoms with Gasteiger partial charge in [-0.2, -0.15) is 0 Å². The van der Waals surface area contributed by atoms with Crippen LogP contribution < -0.4 is 20.3 Å². The number of nitrogens with one attached hydrogen (secondary N) is 2. The monoisotopic (exact) mass is 641 g/mol. The van der Waals surface area contributed by atoms with E-state index in [1.54, 1.807) is 0 Å². The molecule has 14 heteroatoms. The molecule has 3 aromatic rings. The molecule has 2 aliphatic heterocycles. The molecular weight excluding hydrogens is 607 g/mol. The first-order valence-electron chi connectivity index (χ1n) is 15.2. The highest BCUT2D eigenvalue weighted by molar-refractivity contribution is 6.05. The number of pyridine rings is 2. The van der Waals surface area contributed by atoms with Gasteiger partial charge in [-0.1, -0.05) is 6.92 Å². The molecule has 244 valence electrons. The minimum Gasteiger partial charge on any atom is -0.488 e. The summed E-state index contributed by atoms with van der Waals surface area (Å²) >= 11 is 0. The van der Waals surface area contributed by atoms with Crippen LogP contribution >= 0.6 is 0 Å². The number of fused-ring (bicyclic) bond motifs is 1. The Kier molecular flexibility index (Phi) is 9.00. The van der Waals surface area contributed by atoms with Crippen molar-refractivity contribution in [1.82, 2.24) is 15.3 Å². The summed E-state index contributed by atoms with van der Waals surface area (Å²) < 4.78 is 56.4. The number of anilines is 2. The van der Waals surface area contributed by atoms with Gasteiger partial charge in [-0.05, 0) is 50.2 Å². The van der Waals surface area contributed by atoms with Gasteiger partial charge in [-0.15, -0.1) is 0 Å². The van der Waals surface area contributed by atoms with Gasteiger partial charge in [0, 0.05) is 43.4 Å². The summed E-state index contributed by atoms with van der Waals surface area (Å²) in [5.41, 5.74) is 0.346. The van der Waals surface area contributed by atoms with Crippen molar-refractivity contribution in [3.63, 3.8) is 0 Å². The highest BCUT2D eigenvalue weighted by Gasteiger charge is 2.34. The zero-order chi connectivity index (χ0) is 32.5. The Balaban J connectivity index is 1.29. The second-order valence-corrected chi connectivity index (χ2v) is 12.0. The van der Waals surface area contributed by atoms with Crippen molar-refractivity contribution in [3.8, 4) is 17.0 Å². The van der Waals surface area contributed by atoms with E-state index in [4.69, 9.17) is 9.47 Å². The van der Waals surface area contributed by atoms with Crippen molar-refractivity contribution in [2.45, 2.75) is 57.3 Å². The number of aromatic nitrogens is 2. The third kappa shape index (κ3) is 6.58. The Morgan fingerprint density at radius 3 is 2.61 bits per heavy atom. The Morgan fingerprint density at radius 1 is 1.11 bits per heavy atom. The number of aliphatic hydroxyl groups excluding tert-OH is 1. The number of carboxylic acid groups (broad SMARTS) is 1. The Hall–Kier alpha value is -4.43. The molecule has 0 bridgehead atoms. The predicted molar refractivity (Wildman–Crippen MR) is 160 cm³/mol. The third-order valence-electron chi connectivity index (χ3n) is 8.47. The maximum Gasteiger partial charge on any atom is 0.404 e. The number of rotatable bonds is 7. The van der Waals surface area contributed by atoms with Crippen LogP contribution in [0.4, 0.5) is 29.3 Å². The first-order valence-corrected chi connectivity index (χ1v) is 15.2. The van der Waals surface area contributed by atoms with Crippen LogP contribution in [0, 0.1) is 23.4 Å². The van der Waals surface area contributed by atoms with Gasteiger partial charge in [0.05, 0.1) is 41.5 Å². The van der Waals surface area contributed by atoms with E-state index in [0.29, 0.717) is 56.8 Å². The number of halogens is 3. The average Bonchev–Trinajstić information content (AvgIpc) is 3.37. The van der Waals surface area contributed by atoms with Gasteiger partial charge in [0.1, 0.15) is 40.7 Å². The predicted octanol–water partition coefficient (Wildman–Crippen LogP) is 4.83. The van der Waals surface area contributed by atoms with Gasteiger partial charge < -0.3 is 35.2 Å². The number of hydrogen-bond acceptors (Lipinski definition) is 8. The maximum atomic E-state index is 15.2. The smallest absolute Gasteiger partial charge is 0.404 e. The number of ether oxygens (including phenoxy) is 2. The lowest BCUT2D eigenvalue weighted by Gasteiger charge is -2.39. The third-order valence-corrected chi connectivity index (χ3v) is 8.47. The summed E-state index contributed by atoms with van der Waals surface area (Å²) in [6, 6.07) is 3.53. The molecule has 2 amide bonds. The van der Waals surface area contributed by atoms with Gasteiger partial charge in [-0.25, -0.2) is 22.9 Å². The number of carbonyl (C=O) groups excluding carboxylic acids is 1. The molecule has 2 saturated heterocycles. The van der Waals surface area contributed by atoms with E-state index in [0.717, 1.165) is 36.2 Å². The lowest BCUT2D eigenvalue weighted by Crippen LogP contribution is -2.50. The first-order chi connectivity index (χ1) is 22.1. The topological polar surface area (TPSA) is 146 Å². The molecule has 2 unspecified atom stereocenters. The molecule has 11 nitrogen and oxygen atoms in total. The summed E-state index contributed by atoms with van der Waals surface area (Å²) in [7, 11) is 0. The number of amides is 2. The molecule has 1 aliphatic carbocycles. The second-order valence-electron chi connectivity index (χ2n) is 12.0. The number of piperidine rings is 1. The number of aliphatic hydroxyl groups is 1. The fraction of sp³-hybridized carbons (Fsp3) is 0.438. The van der Waals surface area contributed by atoms with Crippen LogP contribution in [-0.2, 0) is 11.2 Å². The summed E-state index contributed by atoms with van der Waals surface area (Å²) in [6.07, 6.45) is 2.06. The molecule has 4 atom stereocenters. The summed E-state index contributed by atoms with van der Waals surface area (Å²) in [5, 5.41) is 25.1. The van der Waals surface area contributed by atoms with Crippen LogP contribution in [-0.4, -0.2) is 70.6 Å². The normalized spacial score (nSPS) is 22.7. The summed E-state index contributed by atoms with van der Waals surface area (Å²) in [4.78, 5) is 35.3. The molecule has 0 saturated carbocycles. The van der Waals surface area contributed by atoms with Crippen molar-refractivity contribution < 1.29 is 42.4 Å². The molecule has 1 aromatic carbocycles. The lowest BCUT2D eigenvalue weighted by molar-refractivity contribution is 0.00720. The van der Waals surface area contributed by atoms with E-state index in [1.165, 1.54) is 6.20 Å². The first kappa shape index (κ1) is 31.5. The molecule has 0 spiro atoms. The van der Waals surface area contributed by atoms with Crippen molar-refractivity contribution in [1.29, 1.82) is 0 Å². The molecule has 6 rings (SSSR count). The summed E-state index contributed by atoms with van der Waals surface area (Å²) in [6.45, 7) is 3.74. The lowest BCUT2D eigenvalue weighted by atomic mass is 9.94. The molecule has 4 N–H and O–H groups in total. The van der Waals surface area contributed by atoms with E-state index in [-0.39, 0.29) is 41.8 Å². The van der Waals surface area contributed by atoms with Gasteiger partial charge in [0.2, 0.25) is 0 Å². The van der Waals surface area contributed by atoms with E-state index < -0.39 is 46.8 Å². The maximum absolute atomic E-state index is 15.2. The van der Waals surface area contributed by atoms with Crippen molar-refractivity contribution in [3.05, 3.63) is 64.9 Å². The van der Waals surface area contributed by atoms with Gasteiger partial charge in [0.15, 0.2) is 0 Å². The van der Waals surface area contributed by atoms with E-state index >= 15 is 8.78 Å². The van der Waals surface area contributed by atoms with Crippen LogP contribution in [0.3, 0.4) is 0 Å². The highest BCUT2D eigenvalue weighted by Crippen LogP contribution is 2.42. The molecule has 2 fully saturated rings. The fourth-order valence-corrected chi connectivity index (χ4v) is 6.55. The Bertz CT molecular complexity index is 1630. The molecule has 0 radical (unpaired) electrons. The standard InChI is InChI=1S/C32H34F3N5O6/c1-16-9-17(37-32(43)44)14-40(13-16)30-20-4-7-26(41)28(20)36-12-25(30)39-31(42)24-6-5-21(33)29(38-24)27-22(34)10-19(11-23(27)35)46-18-3-2-8-45-15-18/h5-6,10-12,16-18,26,37,41H,2-4,7-9,13-15H2,1H3,(H,39,42)(H,43,44)/t16-,17+,18?,26?/m1/s1. The SMILES string of the molecule is C[C@@H]1C[C@H](NC(=O)O)CN(c2c(NC(=O)c3ccc(F)c(-c4c(F)cc(OC5CCCOC5)cc4F)n3)cnc3c2CCC3O)C1. The summed E-state index contributed by atoms with van der Waals surface area (Å²) in [5.74, 6) is -4.00. The van der Waals surface area contributed by atoms with E-state index in [1.807, 2.05) is 11.8 Å².